The van der Waals surface area contributed by atoms with E-state index in [1.165, 1.54) is 0 Å². The van der Waals surface area contributed by atoms with Gasteiger partial charge in [-0.15, -0.1) is 11.3 Å². The maximum atomic E-state index is 5.97. The second-order valence-corrected chi connectivity index (χ2v) is 6.73. The van der Waals surface area contributed by atoms with Crippen LogP contribution in [0.4, 0.5) is 0 Å². The lowest BCUT2D eigenvalue weighted by Crippen LogP contribution is -1.95. The first-order chi connectivity index (χ1) is 12.3. The van der Waals surface area contributed by atoms with Gasteiger partial charge in [0.15, 0.2) is 0 Å². The third-order valence-electron chi connectivity index (χ3n) is 3.54. The molecule has 0 unspecified atom stereocenters. The molecule has 4 nitrogen and oxygen atoms in total. The molecule has 124 valence electrons. The molecule has 0 spiro atoms. The van der Waals surface area contributed by atoms with Crippen LogP contribution in [0.5, 0.6) is 5.75 Å². The highest BCUT2D eigenvalue weighted by Gasteiger charge is 2.11. The van der Waals surface area contributed by atoms with Crippen LogP contribution in [0.3, 0.4) is 0 Å². The fourth-order valence-corrected chi connectivity index (χ4v) is 3.19. The zero-order chi connectivity index (χ0) is 17.1. The van der Waals surface area contributed by atoms with Crippen LogP contribution in [0, 0.1) is 0 Å². The number of rotatable bonds is 5. The molecular weight excluding hydrogens is 356 g/mol. The van der Waals surface area contributed by atoms with Crippen LogP contribution in [-0.4, -0.2) is 10.1 Å². The van der Waals surface area contributed by atoms with E-state index in [-0.39, 0.29) is 0 Å². The van der Waals surface area contributed by atoms with Crippen molar-refractivity contribution < 1.29 is 9.26 Å². The number of aromatic nitrogens is 2. The summed E-state index contributed by atoms with van der Waals surface area (Å²) in [4.78, 5) is 5.45. The van der Waals surface area contributed by atoms with Crippen molar-refractivity contribution in [3.63, 3.8) is 0 Å². The minimum Gasteiger partial charge on any atom is -0.489 e. The van der Waals surface area contributed by atoms with Gasteiger partial charge in [-0.1, -0.05) is 41.0 Å². The highest BCUT2D eigenvalue weighted by molar-refractivity contribution is 7.13. The standard InChI is InChI=1S/C19H13ClN2O2S/c20-15-6-2-7-16(11-15)23-12-13-4-1-5-14(10-13)19-21-18(22-24-19)17-8-3-9-25-17/h1-11H,12H2. The lowest BCUT2D eigenvalue weighted by molar-refractivity contribution is 0.306. The van der Waals surface area contributed by atoms with E-state index < -0.39 is 0 Å². The third kappa shape index (κ3) is 3.73. The van der Waals surface area contributed by atoms with Crippen molar-refractivity contribution in [3.05, 3.63) is 76.6 Å². The summed E-state index contributed by atoms with van der Waals surface area (Å²) in [6.45, 7) is 0.431. The molecule has 4 rings (SSSR count). The average molecular weight is 369 g/mol. The van der Waals surface area contributed by atoms with Crippen molar-refractivity contribution in [1.29, 1.82) is 0 Å². The number of ether oxygens (including phenoxy) is 1. The number of nitrogens with zero attached hydrogens (tertiary/aromatic N) is 2. The fraction of sp³-hybridized carbons (Fsp3) is 0.0526. The molecule has 2 heterocycles. The first-order valence-corrected chi connectivity index (χ1v) is 8.89. The Bertz CT molecular complexity index is 983. The van der Waals surface area contributed by atoms with Gasteiger partial charge in [-0.25, -0.2) is 0 Å². The van der Waals surface area contributed by atoms with E-state index in [0.29, 0.717) is 23.3 Å². The van der Waals surface area contributed by atoms with Gasteiger partial charge in [0.05, 0.1) is 4.88 Å². The molecule has 0 saturated heterocycles. The number of hydrogen-bond acceptors (Lipinski definition) is 5. The molecule has 2 aromatic heterocycles. The Balaban J connectivity index is 1.51. The van der Waals surface area contributed by atoms with Crippen LogP contribution in [-0.2, 0) is 6.61 Å². The van der Waals surface area contributed by atoms with E-state index in [1.54, 1.807) is 17.4 Å². The van der Waals surface area contributed by atoms with Crippen molar-refractivity contribution in [1.82, 2.24) is 10.1 Å². The predicted octanol–water partition coefficient (Wildman–Crippen LogP) is 5.70. The smallest absolute Gasteiger partial charge is 0.258 e. The Morgan fingerprint density at radius 3 is 2.80 bits per heavy atom. The Labute approximate surface area is 153 Å². The molecular formula is C19H13ClN2O2S. The van der Waals surface area contributed by atoms with Crippen molar-refractivity contribution in [2.75, 3.05) is 0 Å². The molecule has 0 saturated carbocycles. The number of benzene rings is 2. The molecule has 0 bridgehead atoms. The first kappa shape index (κ1) is 15.9. The topological polar surface area (TPSA) is 48.2 Å². The highest BCUT2D eigenvalue weighted by Crippen LogP contribution is 2.26. The quantitative estimate of drug-likeness (QED) is 0.453. The molecule has 0 N–H and O–H groups in total. The molecule has 25 heavy (non-hydrogen) atoms. The zero-order valence-corrected chi connectivity index (χ0v) is 14.6. The summed E-state index contributed by atoms with van der Waals surface area (Å²) in [7, 11) is 0. The maximum Gasteiger partial charge on any atom is 0.258 e. The first-order valence-electron chi connectivity index (χ1n) is 7.63. The number of thiophene rings is 1. The lowest BCUT2D eigenvalue weighted by Gasteiger charge is -2.07. The van der Waals surface area contributed by atoms with Gasteiger partial charge in [-0.2, -0.15) is 4.98 Å². The summed E-state index contributed by atoms with van der Waals surface area (Å²) < 4.78 is 11.2. The van der Waals surface area contributed by atoms with E-state index >= 15 is 0 Å². The van der Waals surface area contributed by atoms with Gasteiger partial charge in [0.1, 0.15) is 12.4 Å². The molecule has 0 amide bonds. The van der Waals surface area contributed by atoms with E-state index in [0.717, 1.165) is 21.8 Å². The molecule has 2 aromatic carbocycles. The van der Waals surface area contributed by atoms with Crippen molar-refractivity contribution in [3.8, 4) is 27.9 Å². The van der Waals surface area contributed by atoms with Gasteiger partial charge in [0, 0.05) is 10.6 Å². The molecule has 0 atom stereocenters. The van der Waals surface area contributed by atoms with E-state index in [4.69, 9.17) is 20.9 Å². The van der Waals surface area contributed by atoms with Crippen LogP contribution < -0.4 is 4.74 Å². The minimum absolute atomic E-state index is 0.431. The average Bonchev–Trinajstić information content (AvgIpc) is 3.31. The van der Waals surface area contributed by atoms with Gasteiger partial charge in [0.25, 0.3) is 5.89 Å². The zero-order valence-electron chi connectivity index (χ0n) is 13.1. The summed E-state index contributed by atoms with van der Waals surface area (Å²) in [5, 5.41) is 6.68. The number of hydrogen-bond donors (Lipinski definition) is 0. The highest BCUT2D eigenvalue weighted by atomic mass is 35.5. The summed E-state index contributed by atoms with van der Waals surface area (Å²) >= 11 is 7.55. The van der Waals surface area contributed by atoms with Crippen LogP contribution in [0.2, 0.25) is 5.02 Å². The Hall–Kier alpha value is -2.63. The molecule has 0 aliphatic carbocycles. The predicted molar refractivity (Wildman–Crippen MR) is 98.8 cm³/mol. The van der Waals surface area contributed by atoms with Gasteiger partial charge in [-0.05, 0) is 47.3 Å². The maximum absolute atomic E-state index is 5.97. The Kier molecular flexibility index (Phi) is 4.50. The Morgan fingerprint density at radius 2 is 1.96 bits per heavy atom. The monoisotopic (exact) mass is 368 g/mol. The number of halogens is 1. The van der Waals surface area contributed by atoms with Gasteiger partial charge in [-0.3, -0.25) is 0 Å². The van der Waals surface area contributed by atoms with Crippen molar-refractivity contribution in [2.45, 2.75) is 6.61 Å². The SMILES string of the molecule is Clc1cccc(OCc2cccc(-c3nc(-c4cccs4)no3)c2)c1. The van der Waals surface area contributed by atoms with E-state index in [1.807, 2.05) is 60.0 Å². The minimum atomic E-state index is 0.431. The van der Waals surface area contributed by atoms with Crippen molar-refractivity contribution in [2.24, 2.45) is 0 Å². The van der Waals surface area contributed by atoms with E-state index in [9.17, 15) is 0 Å². The fourth-order valence-electron chi connectivity index (χ4n) is 2.36. The molecule has 0 aliphatic heterocycles. The normalized spacial score (nSPS) is 10.8. The second kappa shape index (κ2) is 7.09. The molecule has 6 heteroatoms. The van der Waals surface area contributed by atoms with Crippen LogP contribution >= 0.6 is 22.9 Å². The lowest BCUT2D eigenvalue weighted by atomic mass is 10.1. The van der Waals surface area contributed by atoms with Crippen molar-refractivity contribution >= 4 is 22.9 Å². The third-order valence-corrected chi connectivity index (χ3v) is 4.64. The van der Waals surface area contributed by atoms with Crippen LogP contribution in [0.15, 0.2) is 70.6 Å². The van der Waals surface area contributed by atoms with Crippen LogP contribution in [0.1, 0.15) is 5.56 Å². The van der Waals surface area contributed by atoms with Gasteiger partial charge in [0.2, 0.25) is 5.82 Å². The summed E-state index contributed by atoms with van der Waals surface area (Å²) in [5.41, 5.74) is 1.87. The molecule has 0 aliphatic rings. The molecule has 0 fully saturated rings. The summed E-state index contributed by atoms with van der Waals surface area (Å²) in [5.74, 6) is 1.83. The largest absolute Gasteiger partial charge is 0.489 e. The molecule has 0 radical (unpaired) electrons. The van der Waals surface area contributed by atoms with E-state index in [2.05, 4.69) is 10.1 Å². The second-order valence-electron chi connectivity index (χ2n) is 5.35. The molecule has 4 aromatic rings. The van der Waals surface area contributed by atoms with Crippen LogP contribution in [0.25, 0.3) is 22.2 Å². The van der Waals surface area contributed by atoms with Gasteiger partial charge >= 0.3 is 0 Å². The van der Waals surface area contributed by atoms with Gasteiger partial charge < -0.3 is 9.26 Å². The Morgan fingerprint density at radius 1 is 1.04 bits per heavy atom. The summed E-state index contributed by atoms with van der Waals surface area (Å²) in [6, 6.07) is 19.1. The summed E-state index contributed by atoms with van der Waals surface area (Å²) in [6.07, 6.45) is 0.